The van der Waals surface area contributed by atoms with Crippen LogP contribution in [0.5, 0.6) is 0 Å². The van der Waals surface area contributed by atoms with Crippen LogP contribution in [0.1, 0.15) is 37.4 Å². The predicted octanol–water partition coefficient (Wildman–Crippen LogP) is 1.28. The quantitative estimate of drug-likeness (QED) is 0.812. The molecular weight excluding hydrogens is 200 g/mol. The molecule has 0 aromatic carbocycles. The fraction of sp³-hybridized carbons (Fsp3) is 0.667. The van der Waals surface area contributed by atoms with Crippen molar-refractivity contribution in [1.82, 2.24) is 9.97 Å². The first-order chi connectivity index (χ1) is 7.83. The van der Waals surface area contributed by atoms with Gasteiger partial charge >= 0.3 is 0 Å². The van der Waals surface area contributed by atoms with Crippen LogP contribution < -0.4 is 10.6 Å². The summed E-state index contributed by atoms with van der Waals surface area (Å²) in [4.78, 5) is 11.3. The van der Waals surface area contributed by atoms with Crippen LogP contribution in [0.4, 0.5) is 5.82 Å². The molecular formula is C12H18N4. The van der Waals surface area contributed by atoms with Gasteiger partial charge in [0, 0.05) is 31.2 Å². The lowest BCUT2D eigenvalue weighted by atomic mass is 10.1. The maximum atomic E-state index is 5.90. The summed E-state index contributed by atoms with van der Waals surface area (Å²) in [6.07, 6.45) is 6.55. The molecule has 1 saturated heterocycles. The highest BCUT2D eigenvalue weighted by molar-refractivity contribution is 5.38. The van der Waals surface area contributed by atoms with Crippen LogP contribution in [-0.4, -0.2) is 29.1 Å². The molecule has 0 atom stereocenters. The lowest BCUT2D eigenvalue weighted by Gasteiger charge is -2.31. The molecule has 2 fully saturated rings. The van der Waals surface area contributed by atoms with Crippen molar-refractivity contribution < 1.29 is 0 Å². The van der Waals surface area contributed by atoms with Gasteiger partial charge in [-0.15, -0.1) is 0 Å². The van der Waals surface area contributed by atoms with Crippen molar-refractivity contribution in [2.45, 2.75) is 37.6 Å². The summed E-state index contributed by atoms with van der Waals surface area (Å²) in [5.74, 6) is 2.75. The first kappa shape index (κ1) is 10.0. The van der Waals surface area contributed by atoms with E-state index in [1.54, 1.807) is 0 Å². The number of piperidine rings is 1. The smallest absolute Gasteiger partial charge is 0.133 e. The third kappa shape index (κ3) is 2.02. The van der Waals surface area contributed by atoms with Gasteiger partial charge < -0.3 is 10.6 Å². The lowest BCUT2D eigenvalue weighted by molar-refractivity contribution is 0.498. The van der Waals surface area contributed by atoms with Gasteiger partial charge in [0.05, 0.1) is 0 Å². The largest absolute Gasteiger partial charge is 0.356 e. The summed E-state index contributed by atoms with van der Waals surface area (Å²) >= 11 is 0. The van der Waals surface area contributed by atoms with Gasteiger partial charge in [-0.05, 0) is 31.7 Å². The van der Waals surface area contributed by atoms with Gasteiger partial charge in [0.2, 0.25) is 0 Å². The highest BCUT2D eigenvalue weighted by Crippen LogP contribution is 2.38. The van der Waals surface area contributed by atoms with E-state index in [9.17, 15) is 0 Å². The monoisotopic (exact) mass is 218 g/mol. The van der Waals surface area contributed by atoms with Crippen LogP contribution in [-0.2, 0) is 0 Å². The van der Waals surface area contributed by atoms with Gasteiger partial charge in [0.1, 0.15) is 11.6 Å². The molecule has 1 aliphatic heterocycles. The number of anilines is 1. The third-order valence-electron chi connectivity index (χ3n) is 3.47. The second-order valence-electron chi connectivity index (χ2n) is 4.87. The Morgan fingerprint density at radius 3 is 2.62 bits per heavy atom. The molecule has 2 aliphatic rings. The molecule has 1 aromatic rings. The van der Waals surface area contributed by atoms with Gasteiger partial charge in [-0.1, -0.05) is 0 Å². The Balaban J connectivity index is 1.75. The van der Waals surface area contributed by atoms with Crippen molar-refractivity contribution in [1.29, 1.82) is 0 Å². The summed E-state index contributed by atoms with van der Waals surface area (Å²) < 4.78 is 0. The zero-order valence-electron chi connectivity index (χ0n) is 9.47. The minimum Gasteiger partial charge on any atom is -0.356 e. The molecule has 0 unspecified atom stereocenters. The van der Waals surface area contributed by atoms with E-state index in [1.165, 1.54) is 12.8 Å². The molecule has 0 radical (unpaired) electrons. The summed E-state index contributed by atoms with van der Waals surface area (Å²) in [7, 11) is 0. The van der Waals surface area contributed by atoms with E-state index in [1.807, 2.05) is 12.3 Å². The van der Waals surface area contributed by atoms with Crippen molar-refractivity contribution in [2.24, 2.45) is 5.73 Å². The van der Waals surface area contributed by atoms with Crippen LogP contribution in [0, 0.1) is 0 Å². The van der Waals surface area contributed by atoms with Crippen LogP contribution in [0.25, 0.3) is 0 Å². The maximum Gasteiger partial charge on any atom is 0.133 e. The second-order valence-corrected chi connectivity index (χ2v) is 4.87. The number of nitrogens with zero attached hydrogens (tertiary/aromatic N) is 3. The zero-order valence-corrected chi connectivity index (χ0v) is 9.47. The standard InChI is InChI=1S/C12H18N4/c13-10-4-7-16(8-5-10)11-3-6-14-12(15-11)9-1-2-9/h3,6,9-10H,1-2,4-5,7-8,13H2. The molecule has 0 amide bonds. The second kappa shape index (κ2) is 4.01. The van der Waals surface area contributed by atoms with Crippen LogP contribution in [0.15, 0.2) is 12.3 Å². The van der Waals surface area contributed by atoms with Gasteiger partial charge in [0.15, 0.2) is 0 Å². The Labute approximate surface area is 95.9 Å². The molecule has 1 saturated carbocycles. The normalized spacial score (nSPS) is 22.4. The van der Waals surface area contributed by atoms with Crippen molar-refractivity contribution in [2.75, 3.05) is 18.0 Å². The van der Waals surface area contributed by atoms with Gasteiger partial charge in [0.25, 0.3) is 0 Å². The Hall–Kier alpha value is -1.16. The minimum absolute atomic E-state index is 0.376. The molecule has 2 N–H and O–H groups in total. The first-order valence-electron chi connectivity index (χ1n) is 6.16. The molecule has 86 valence electrons. The average molecular weight is 218 g/mol. The summed E-state index contributed by atoms with van der Waals surface area (Å²) in [6.45, 7) is 2.06. The van der Waals surface area contributed by atoms with Gasteiger partial charge in [-0.3, -0.25) is 0 Å². The Bertz CT molecular complexity index is 367. The number of rotatable bonds is 2. The van der Waals surface area contributed by atoms with E-state index < -0.39 is 0 Å². The molecule has 16 heavy (non-hydrogen) atoms. The highest BCUT2D eigenvalue weighted by atomic mass is 15.2. The van der Waals surface area contributed by atoms with E-state index in [0.717, 1.165) is 37.6 Å². The van der Waals surface area contributed by atoms with Crippen LogP contribution in [0.3, 0.4) is 0 Å². The highest BCUT2D eigenvalue weighted by Gasteiger charge is 2.27. The number of hydrogen-bond donors (Lipinski definition) is 1. The van der Waals surface area contributed by atoms with E-state index in [2.05, 4.69) is 14.9 Å². The van der Waals surface area contributed by atoms with E-state index in [0.29, 0.717) is 12.0 Å². The van der Waals surface area contributed by atoms with Crippen molar-refractivity contribution in [3.63, 3.8) is 0 Å². The fourth-order valence-corrected chi connectivity index (χ4v) is 2.21. The van der Waals surface area contributed by atoms with Gasteiger partial charge in [-0.25, -0.2) is 9.97 Å². The Morgan fingerprint density at radius 1 is 1.19 bits per heavy atom. The summed E-state index contributed by atoms with van der Waals surface area (Å²) in [5.41, 5.74) is 5.90. The zero-order chi connectivity index (χ0) is 11.0. The molecule has 1 aromatic heterocycles. The minimum atomic E-state index is 0.376. The average Bonchev–Trinajstić information content (AvgIpc) is 3.14. The van der Waals surface area contributed by atoms with Crippen LogP contribution >= 0.6 is 0 Å². The molecule has 2 heterocycles. The first-order valence-corrected chi connectivity index (χ1v) is 6.16. The SMILES string of the molecule is NC1CCN(c2ccnc(C3CC3)n2)CC1. The molecule has 4 nitrogen and oxygen atoms in total. The molecule has 3 rings (SSSR count). The Kier molecular flexibility index (Phi) is 2.52. The fourth-order valence-electron chi connectivity index (χ4n) is 2.21. The van der Waals surface area contributed by atoms with Crippen molar-refractivity contribution in [3.05, 3.63) is 18.1 Å². The lowest BCUT2D eigenvalue weighted by Crippen LogP contribution is -2.40. The van der Waals surface area contributed by atoms with Crippen LogP contribution in [0.2, 0.25) is 0 Å². The maximum absolute atomic E-state index is 5.90. The predicted molar refractivity (Wildman–Crippen MR) is 63.4 cm³/mol. The van der Waals surface area contributed by atoms with E-state index in [-0.39, 0.29) is 0 Å². The summed E-state index contributed by atoms with van der Waals surface area (Å²) in [6, 6.07) is 2.39. The topological polar surface area (TPSA) is 55.0 Å². The number of hydrogen-bond acceptors (Lipinski definition) is 4. The third-order valence-corrected chi connectivity index (χ3v) is 3.47. The molecule has 0 bridgehead atoms. The number of nitrogens with two attached hydrogens (primary N) is 1. The molecule has 1 aliphatic carbocycles. The summed E-state index contributed by atoms with van der Waals surface area (Å²) in [5, 5.41) is 0. The van der Waals surface area contributed by atoms with Gasteiger partial charge in [-0.2, -0.15) is 0 Å². The molecule has 4 heteroatoms. The number of aromatic nitrogens is 2. The van der Waals surface area contributed by atoms with Crippen molar-refractivity contribution >= 4 is 5.82 Å². The van der Waals surface area contributed by atoms with E-state index >= 15 is 0 Å². The molecule has 0 spiro atoms. The Morgan fingerprint density at radius 2 is 1.94 bits per heavy atom. The van der Waals surface area contributed by atoms with E-state index in [4.69, 9.17) is 5.73 Å². The van der Waals surface area contributed by atoms with Crippen molar-refractivity contribution in [3.8, 4) is 0 Å².